The van der Waals surface area contributed by atoms with E-state index < -0.39 is 0 Å². The maximum Gasteiger partial charge on any atom is 0.00983 e. The Bertz CT molecular complexity index is 325. The summed E-state index contributed by atoms with van der Waals surface area (Å²) in [6, 6.07) is 1.69. The van der Waals surface area contributed by atoms with Crippen molar-refractivity contribution in [3.63, 3.8) is 0 Å². The Labute approximate surface area is 131 Å². The van der Waals surface area contributed by atoms with E-state index in [9.17, 15) is 0 Å². The monoisotopic (exact) mass is 287 g/mol. The van der Waals surface area contributed by atoms with Crippen molar-refractivity contribution in [2.45, 2.75) is 82.7 Å². The lowest BCUT2D eigenvalue weighted by molar-refractivity contribution is 0.0823. The van der Waals surface area contributed by atoms with E-state index >= 15 is 0 Å². The van der Waals surface area contributed by atoms with Gasteiger partial charge in [-0.1, -0.05) is 75.5 Å². The molecule has 0 amide bonds. The van der Waals surface area contributed by atoms with Crippen molar-refractivity contribution in [2.24, 2.45) is 0 Å². The smallest absolute Gasteiger partial charge is 0.00983 e. The summed E-state index contributed by atoms with van der Waals surface area (Å²) in [5.41, 5.74) is 1.24. The normalized spacial score (nSPS) is 22.0. The molecule has 2 saturated carbocycles. The first-order chi connectivity index (χ1) is 10.3. The molecular formula is C20H33N. The number of hydrogen-bond donors (Lipinski definition) is 0. The Morgan fingerprint density at radius 1 is 0.905 bits per heavy atom. The van der Waals surface area contributed by atoms with Crippen LogP contribution in [-0.4, -0.2) is 23.5 Å². The molecule has 1 heteroatoms. The van der Waals surface area contributed by atoms with Gasteiger partial charge in [0.1, 0.15) is 0 Å². The van der Waals surface area contributed by atoms with Gasteiger partial charge in [0.25, 0.3) is 0 Å². The summed E-state index contributed by atoms with van der Waals surface area (Å²) >= 11 is 0. The van der Waals surface area contributed by atoms with Gasteiger partial charge in [-0.3, -0.25) is 4.90 Å². The van der Waals surface area contributed by atoms with E-state index in [2.05, 4.69) is 24.1 Å². The van der Waals surface area contributed by atoms with Crippen LogP contribution in [0.25, 0.3) is 0 Å². The summed E-state index contributed by atoms with van der Waals surface area (Å²) in [6.07, 6.45) is 21.4. The molecule has 2 aliphatic rings. The van der Waals surface area contributed by atoms with Gasteiger partial charge in [0.2, 0.25) is 0 Å². The van der Waals surface area contributed by atoms with Gasteiger partial charge in [-0.05, 0) is 32.1 Å². The van der Waals surface area contributed by atoms with Gasteiger partial charge < -0.3 is 0 Å². The number of hydrogen-bond acceptors (Lipinski definition) is 1. The predicted octanol–water partition coefficient (Wildman–Crippen LogP) is 5.64. The maximum atomic E-state index is 4.19. The van der Waals surface area contributed by atoms with E-state index in [0.29, 0.717) is 0 Å². The Balaban J connectivity index is 1.91. The Morgan fingerprint density at radius 2 is 1.43 bits per heavy atom. The number of nitrogens with zero attached hydrogens (tertiary/aromatic N) is 1. The highest BCUT2D eigenvalue weighted by Crippen LogP contribution is 2.30. The van der Waals surface area contributed by atoms with Crippen molar-refractivity contribution >= 4 is 0 Å². The summed E-state index contributed by atoms with van der Waals surface area (Å²) in [6.45, 7) is 9.13. The van der Waals surface area contributed by atoms with Crippen LogP contribution in [0.2, 0.25) is 0 Å². The van der Waals surface area contributed by atoms with Crippen LogP contribution in [-0.2, 0) is 0 Å². The van der Waals surface area contributed by atoms with Crippen molar-refractivity contribution in [3.8, 4) is 0 Å². The van der Waals surface area contributed by atoms with E-state index in [-0.39, 0.29) is 0 Å². The molecule has 2 aliphatic carbocycles. The number of rotatable bonds is 7. The minimum atomic E-state index is 0.845. The molecular weight excluding hydrogens is 254 g/mol. The molecule has 118 valence electrons. The zero-order valence-electron chi connectivity index (χ0n) is 13.7. The quantitative estimate of drug-likeness (QED) is 0.547. The highest BCUT2D eigenvalue weighted by atomic mass is 15.2. The summed E-state index contributed by atoms with van der Waals surface area (Å²) in [5.74, 6) is 0. The third kappa shape index (κ3) is 5.47. The largest absolute Gasteiger partial charge is 0.297 e. The third-order valence-corrected chi connectivity index (χ3v) is 5.25. The molecule has 2 rings (SSSR count). The van der Waals surface area contributed by atoms with Gasteiger partial charge in [-0.25, -0.2) is 0 Å². The SMILES string of the molecule is C=CC=CC(=C)CCN(C1CCCCC1)C1CCCCC1. The fourth-order valence-electron chi connectivity index (χ4n) is 4.05. The highest BCUT2D eigenvalue weighted by Gasteiger charge is 2.28. The molecule has 0 radical (unpaired) electrons. The van der Waals surface area contributed by atoms with Gasteiger partial charge in [0, 0.05) is 18.6 Å². The molecule has 0 spiro atoms. The zero-order valence-corrected chi connectivity index (χ0v) is 13.7. The molecule has 2 fully saturated rings. The highest BCUT2D eigenvalue weighted by molar-refractivity contribution is 5.18. The van der Waals surface area contributed by atoms with E-state index in [1.54, 1.807) is 0 Å². The van der Waals surface area contributed by atoms with Crippen LogP contribution in [0.3, 0.4) is 0 Å². The second-order valence-corrected chi connectivity index (χ2v) is 6.82. The van der Waals surface area contributed by atoms with Crippen molar-refractivity contribution in [1.82, 2.24) is 4.90 Å². The molecule has 1 nitrogen and oxygen atoms in total. The van der Waals surface area contributed by atoms with Gasteiger partial charge in [0.05, 0.1) is 0 Å². The van der Waals surface area contributed by atoms with Crippen molar-refractivity contribution in [2.75, 3.05) is 6.54 Å². The van der Waals surface area contributed by atoms with Crippen LogP contribution in [0.4, 0.5) is 0 Å². The molecule has 0 unspecified atom stereocenters. The Hall–Kier alpha value is -0.820. The van der Waals surface area contributed by atoms with Crippen LogP contribution in [0.5, 0.6) is 0 Å². The van der Waals surface area contributed by atoms with Crippen molar-refractivity contribution < 1.29 is 0 Å². The predicted molar refractivity (Wildman–Crippen MR) is 93.5 cm³/mol. The van der Waals surface area contributed by atoms with Gasteiger partial charge in [-0.2, -0.15) is 0 Å². The van der Waals surface area contributed by atoms with Crippen molar-refractivity contribution in [3.05, 3.63) is 37.0 Å². The molecule has 0 aromatic carbocycles. The molecule has 0 N–H and O–H groups in total. The lowest BCUT2D eigenvalue weighted by Gasteiger charge is -2.42. The van der Waals surface area contributed by atoms with Gasteiger partial charge in [0.15, 0.2) is 0 Å². The topological polar surface area (TPSA) is 3.24 Å². The lowest BCUT2D eigenvalue weighted by Crippen LogP contribution is -2.45. The molecule has 0 atom stereocenters. The maximum absolute atomic E-state index is 4.19. The molecule has 21 heavy (non-hydrogen) atoms. The zero-order chi connectivity index (χ0) is 14.9. The van der Waals surface area contributed by atoms with E-state index in [1.165, 1.54) is 76.3 Å². The fraction of sp³-hybridized carbons (Fsp3) is 0.700. The summed E-state index contributed by atoms with van der Waals surface area (Å²) in [5, 5.41) is 0. The molecule has 0 aromatic rings. The minimum absolute atomic E-state index is 0.845. The van der Waals surface area contributed by atoms with Crippen molar-refractivity contribution in [1.29, 1.82) is 0 Å². The average Bonchev–Trinajstić information content (AvgIpc) is 2.55. The van der Waals surface area contributed by atoms with Crippen LogP contribution in [0.1, 0.15) is 70.6 Å². The molecule has 0 aliphatic heterocycles. The van der Waals surface area contributed by atoms with E-state index in [4.69, 9.17) is 0 Å². The Morgan fingerprint density at radius 3 is 1.90 bits per heavy atom. The van der Waals surface area contributed by atoms with Gasteiger partial charge >= 0.3 is 0 Å². The summed E-state index contributed by atoms with van der Waals surface area (Å²) in [7, 11) is 0. The summed E-state index contributed by atoms with van der Waals surface area (Å²) in [4.78, 5) is 2.87. The Kier molecular flexibility index (Phi) is 7.29. The molecule has 0 aromatic heterocycles. The fourth-order valence-corrected chi connectivity index (χ4v) is 4.05. The molecule has 0 heterocycles. The minimum Gasteiger partial charge on any atom is -0.297 e. The van der Waals surface area contributed by atoms with E-state index in [0.717, 1.165) is 18.5 Å². The van der Waals surface area contributed by atoms with E-state index in [1.807, 2.05) is 12.2 Å². The van der Waals surface area contributed by atoms with Crippen LogP contribution in [0, 0.1) is 0 Å². The molecule has 0 bridgehead atoms. The third-order valence-electron chi connectivity index (χ3n) is 5.25. The van der Waals surface area contributed by atoms with Crippen LogP contribution < -0.4 is 0 Å². The first kappa shape index (κ1) is 16.5. The second-order valence-electron chi connectivity index (χ2n) is 6.82. The van der Waals surface area contributed by atoms with Crippen LogP contribution >= 0.6 is 0 Å². The summed E-state index contributed by atoms with van der Waals surface area (Å²) < 4.78 is 0. The average molecular weight is 287 g/mol. The first-order valence-electron chi connectivity index (χ1n) is 9.04. The van der Waals surface area contributed by atoms with Gasteiger partial charge in [-0.15, -0.1) is 0 Å². The van der Waals surface area contributed by atoms with Crippen LogP contribution in [0.15, 0.2) is 37.0 Å². The lowest BCUT2D eigenvalue weighted by atomic mass is 9.88. The molecule has 0 saturated heterocycles. The first-order valence-corrected chi connectivity index (χ1v) is 9.04. The second kappa shape index (κ2) is 9.25. The standard InChI is InChI=1S/C20H33N/c1-3-4-11-18(2)16-17-21(19-12-7-5-8-13-19)20-14-9-6-10-15-20/h3-4,11,19-20H,1-2,5-10,12-17H2. The number of allylic oxidation sites excluding steroid dienone is 3.